The monoisotopic (exact) mass is 261 g/mol. The molecule has 1 aliphatic rings. The van der Waals surface area contributed by atoms with E-state index in [1.807, 2.05) is 0 Å². The smallest absolute Gasteiger partial charge is 0.124 e. The highest BCUT2D eigenvalue weighted by molar-refractivity contribution is 5.36. The molecule has 0 bridgehead atoms. The molecule has 1 N–H and O–H groups in total. The summed E-state index contributed by atoms with van der Waals surface area (Å²) in [7, 11) is 0. The molecule has 19 heavy (non-hydrogen) atoms. The predicted octanol–water partition coefficient (Wildman–Crippen LogP) is 4.32. The summed E-state index contributed by atoms with van der Waals surface area (Å²) in [6.45, 7) is 6.26. The summed E-state index contributed by atoms with van der Waals surface area (Å²) in [6, 6.07) is 8.99. The average Bonchev–Trinajstić information content (AvgIpc) is 3.25. The maximum absolute atomic E-state index is 5.91. The first-order valence-electron chi connectivity index (χ1n) is 7.80. The minimum atomic E-state index is 0.459. The average molecular weight is 261 g/mol. The van der Waals surface area contributed by atoms with E-state index in [0.29, 0.717) is 6.04 Å². The first-order valence-corrected chi connectivity index (χ1v) is 7.80. The molecule has 1 atom stereocenters. The number of ether oxygens (including phenoxy) is 1. The number of benzene rings is 1. The molecule has 0 heterocycles. The maximum Gasteiger partial charge on any atom is 0.124 e. The fourth-order valence-corrected chi connectivity index (χ4v) is 2.44. The largest absolute Gasteiger partial charge is 0.493 e. The Kier molecular flexibility index (Phi) is 5.71. The molecule has 1 aromatic rings. The summed E-state index contributed by atoms with van der Waals surface area (Å²) in [5.74, 6) is 1.99. The molecule has 106 valence electrons. The van der Waals surface area contributed by atoms with Crippen molar-refractivity contribution < 1.29 is 4.74 Å². The molecule has 0 aromatic heterocycles. The second-order valence-corrected chi connectivity index (χ2v) is 5.57. The lowest BCUT2D eigenvalue weighted by Gasteiger charge is -2.22. The molecule has 0 radical (unpaired) electrons. The fourth-order valence-electron chi connectivity index (χ4n) is 2.44. The molecular weight excluding hydrogens is 234 g/mol. The van der Waals surface area contributed by atoms with E-state index in [2.05, 4.69) is 43.4 Å². The Balaban J connectivity index is 2.08. The Morgan fingerprint density at radius 3 is 2.68 bits per heavy atom. The fraction of sp³-hybridized carbons (Fsp3) is 0.647. The van der Waals surface area contributed by atoms with Gasteiger partial charge in [-0.3, -0.25) is 0 Å². The van der Waals surface area contributed by atoms with Gasteiger partial charge in [-0.2, -0.15) is 0 Å². The van der Waals surface area contributed by atoms with Crippen molar-refractivity contribution in [3.63, 3.8) is 0 Å². The van der Waals surface area contributed by atoms with Gasteiger partial charge in [0.25, 0.3) is 0 Å². The maximum atomic E-state index is 5.91. The Morgan fingerprint density at radius 2 is 2.00 bits per heavy atom. The zero-order valence-electron chi connectivity index (χ0n) is 12.3. The second-order valence-electron chi connectivity index (χ2n) is 5.57. The van der Waals surface area contributed by atoms with Crippen LogP contribution >= 0.6 is 0 Å². The third-order valence-corrected chi connectivity index (χ3v) is 3.66. The van der Waals surface area contributed by atoms with Gasteiger partial charge < -0.3 is 10.1 Å². The highest BCUT2D eigenvalue weighted by Gasteiger charge is 2.27. The molecular formula is C17H27NO. The SMILES string of the molecule is CCCNC(CC1CC1)c1ccccc1OCCC. The van der Waals surface area contributed by atoms with Gasteiger partial charge in [0.15, 0.2) is 0 Å². The number of nitrogens with one attached hydrogen (secondary N) is 1. The van der Waals surface area contributed by atoms with Crippen LogP contribution in [0.1, 0.15) is 57.6 Å². The van der Waals surface area contributed by atoms with Gasteiger partial charge in [0.05, 0.1) is 6.61 Å². The molecule has 1 unspecified atom stereocenters. The van der Waals surface area contributed by atoms with Crippen LogP contribution in [0.25, 0.3) is 0 Å². The predicted molar refractivity (Wildman–Crippen MR) is 80.6 cm³/mol. The van der Waals surface area contributed by atoms with E-state index in [9.17, 15) is 0 Å². The molecule has 0 saturated heterocycles. The molecule has 2 heteroatoms. The van der Waals surface area contributed by atoms with Crippen molar-refractivity contribution in [2.45, 2.75) is 52.0 Å². The van der Waals surface area contributed by atoms with E-state index in [0.717, 1.165) is 31.2 Å². The Labute approximate surface area is 117 Å². The van der Waals surface area contributed by atoms with Gasteiger partial charge in [0.1, 0.15) is 5.75 Å². The summed E-state index contributed by atoms with van der Waals surface area (Å²) in [5.41, 5.74) is 1.34. The van der Waals surface area contributed by atoms with Crippen LogP contribution in [0.3, 0.4) is 0 Å². The van der Waals surface area contributed by atoms with Crippen molar-refractivity contribution in [3.8, 4) is 5.75 Å². The van der Waals surface area contributed by atoms with Crippen molar-refractivity contribution in [1.29, 1.82) is 0 Å². The van der Waals surface area contributed by atoms with E-state index >= 15 is 0 Å². The minimum Gasteiger partial charge on any atom is -0.493 e. The lowest BCUT2D eigenvalue weighted by atomic mass is 10.00. The van der Waals surface area contributed by atoms with Gasteiger partial charge >= 0.3 is 0 Å². The summed E-state index contributed by atoms with van der Waals surface area (Å²) >= 11 is 0. The first-order chi connectivity index (χ1) is 9.35. The molecule has 1 aliphatic carbocycles. The Hall–Kier alpha value is -1.02. The third-order valence-electron chi connectivity index (χ3n) is 3.66. The third kappa shape index (κ3) is 4.54. The van der Waals surface area contributed by atoms with Crippen molar-refractivity contribution in [2.24, 2.45) is 5.92 Å². The summed E-state index contributed by atoms with van der Waals surface area (Å²) in [4.78, 5) is 0. The topological polar surface area (TPSA) is 21.3 Å². The number of hydrogen-bond donors (Lipinski definition) is 1. The molecule has 0 amide bonds. The zero-order chi connectivity index (χ0) is 13.5. The molecule has 1 fully saturated rings. The van der Waals surface area contributed by atoms with E-state index in [1.165, 1.54) is 31.2 Å². The summed E-state index contributed by atoms with van der Waals surface area (Å²) < 4.78 is 5.91. The van der Waals surface area contributed by atoms with Crippen LogP contribution in [0, 0.1) is 5.92 Å². The normalized spacial score (nSPS) is 16.3. The lowest BCUT2D eigenvalue weighted by Crippen LogP contribution is -2.23. The van der Waals surface area contributed by atoms with Gasteiger partial charge in [-0.05, 0) is 37.8 Å². The quantitative estimate of drug-likeness (QED) is 0.715. The highest BCUT2D eigenvalue weighted by Crippen LogP contribution is 2.39. The standard InChI is InChI=1S/C17H27NO/c1-3-11-18-16(13-14-9-10-14)15-7-5-6-8-17(15)19-12-4-2/h5-8,14,16,18H,3-4,9-13H2,1-2H3. The molecule has 2 nitrogen and oxygen atoms in total. The van der Waals surface area contributed by atoms with E-state index < -0.39 is 0 Å². The van der Waals surface area contributed by atoms with Gasteiger partial charge in [0.2, 0.25) is 0 Å². The van der Waals surface area contributed by atoms with E-state index in [1.54, 1.807) is 0 Å². The number of para-hydroxylation sites is 1. The zero-order valence-corrected chi connectivity index (χ0v) is 12.3. The molecule has 2 rings (SSSR count). The van der Waals surface area contributed by atoms with Crippen LogP contribution in [0.4, 0.5) is 0 Å². The van der Waals surface area contributed by atoms with Crippen LogP contribution in [-0.4, -0.2) is 13.2 Å². The van der Waals surface area contributed by atoms with Gasteiger partial charge in [-0.15, -0.1) is 0 Å². The van der Waals surface area contributed by atoms with Crippen LogP contribution in [0.5, 0.6) is 5.75 Å². The van der Waals surface area contributed by atoms with Gasteiger partial charge in [-0.25, -0.2) is 0 Å². The van der Waals surface area contributed by atoms with Gasteiger partial charge in [0, 0.05) is 11.6 Å². The van der Waals surface area contributed by atoms with Crippen molar-refractivity contribution >= 4 is 0 Å². The number of rotatable bonds is 9. The molecule has 1 aromatic carbocycles. The Morgan fingerprint density at radius 1 is 1.21 bits per heavy atom. The van der Waals surface area contributed by atoms with Crippen LogP contribution in [-0.2, 0) is 0 Å². The van der Waals surface area contributed by atoms with E-state index in [4.69, 9.17) is 4.74 Å². The van der Waals surface area contributed by atoms with Gasteiger partial charge in [-0.1, -0.05) is 44.9 Å². The molecule has 0 aliphatic heterocycles. The minimum absolute atomic E-state index is 0.459. The second kappa shape index (κ2) is 7.54. The summed E-state index contributed by atoms with van der Waals surface area (Å²) in [6.07, 6.45) is 6.31. The van der Waals surface area contributed by atoms with Crippen molar-refractivity contribution in [3.05, 3.63) is 29.8 Å². The number of hydrogen-bond acceptors (Lipinski definition) is 2. The highest BCUT2D eigenvalue weighted by atomic mass is 16.5. The lowest BCUT2D eigenvalue weighted by molar-refractivity contribution is 0.308. The molecule has 0 spiro atoms. The summed E-state index contributed by atoms with van der Waals surface area (Å²) in [5, 5.41) is 3.69. The molecule has 1 saturated carbocycles. The van der Waals surface area contributed by atoms with E-state index in [-0.39, 0.29) is 0 Å². The van der Waals surface area contributed by atoms with Crippen molar-refractivity contribution in [1.82, 2.24) is 5.32 Å². The first kappa shape index (κ1) is 14.4. The van der Waals surface area contributed by atoms with Crippen LogP contribution < -0.4 is 10.1 Å². The van der Waals surface area contributed by atoms with Crippen molar-refractivity contribution in [2.75, 3.05) is 13.2 Å². The van der Waals surface area contributed by atoms with Crippen LogP contribution in [0.2, 0.25) is 0 Å². The van der Waals surface area contributed by atoms with Crippen LogP contribution in [0.15, 0.2) is 24.3 Å². The Bertz CT molecular complexity index is 373.